The van der Waals surface area contributed by atoms with Crippen LogP contribution in [0, 0.1) is 5.82 Å². The third-order valence-corrected chi connectivity index (χ3v) is 8.58. The molecule has 4 rings (SSSR count). The van der Waals surface area contributed by atoms with E-state index < -0.39 is 21.5 Å². The summed E-state index contributed by atoms with van der Waals surface area (Å²) in [5, 5.41) is 13.9. The van der Waals surface area contributed by atoms with Gasteiger partial charge in [0.1, 0.15) is 5.82 Å². The third-order valence-electron chi connectivity index (χ3n) is 6.67. The molecule has 0 spiro atoms. The molecule has 210 valence electrons. The van der Waals surface area contributed by atoms with Crippen molar-refractivity contribution in [2.24, 2.45) is 0 Å². The lowest BCUT2D eigenvalue weighted by Gasteiger charge is -2.44. The second-order valence-electron chi connectivity index (χ2n) is 10.8. The Hall–Kier alpha value is -2.96. The molecule has 1 aliphatic rings. The Morgan fingerprint density at radius 2 is 1.64 bits per heavy atom. The molecule has 2 aromatic carbocycles. The van der Waals surface area contributed by atoms with Gasteiger partial charge in [-0.3, -0.25) is 4.90 Å². The van der Waals surface area contributed by atoms with Crippen molar-refractivity contribution < 1.29 is 22.7 Å². The van der Waals surface area contributed by atoms with Gasteiger partial charge in [0, 0.05) is 43.5 Å². The number of anilines is 2. The predicted molar refractivity (Wildman–Crippen MR) is 148 cm³/mol. The summed E-state index contributed by atoms with van der Waals surface area (Å²) in [6.45, 7) is 7.93. The van der Waals surface area contributed by atoms with Gasteiger partial charge in [-0.1, -0.05) is 0 Å². The van der Waals surface area contributed by atoms with E-state index in [0.29, 0.717) is 43.3 Å². The van der Waals surface area contributed by atoms with Gasteiger partial charge in [0.15, 0.2) is 0 Å². The number of aromatic nitrogens is 2. The first-order chi connectivity index (χ1) is 18.2. The lowest BCUT2D eigenvalue weighted by molar-refractivity contribution is -0.321. The summed E-state index contributed by atoms with van der Waals surface area (Å²) in [6.07, 6.45) is 2.74. The molecule has 2 N–H and O–H groups in total. The van der Waals surface area contributed by atoms with Gasteiger partial charge in [0.2, 0.25) is 21.9 Å². The number of nitrogens with zero attached hydrogens (tertiary/aromatic N) is 4. The van der Waals surface area contributed by atoms with Crippen molar-refractivity contribution in [3.63, 3.8) is 0 Å². The van der Waals surface area contributed by atoms with E-state index in [0.717, 1.165) is 5.56 Å². The topological polar surface area (TPSA) is 108 Å². The van der Waals surface area contributed by atoms with Crippen LogP contribution in [0.5, 0.6) is 0 Å². The van der Waals surface area contributed by atoms with E-state index in [1.807, 2.05) is 20.8 Å². The number of piperidine rings is 1. The van der Waals surface area contributed by atoms with Gasteiger partial charge in [-0.25, -0.2) is 22.8 Å². The maximum atomic E-state index is 13.3. The summed E-state index contributed by atoms with van der Waals surface area (Å²) in [4.78, 5) is 10.7. The fourth-order valence-electron chi connectivity index (χ4n) is 4.65. The molecule has 0 amide bonds. The van der Waals surface area contributed by atoms with Gasteiger partial charge >= 0.3 is 0 Å². The molecule has 1 aliphatic heterocycles. The summed E-state index contributed by atoms with van der Waals surface area (Å²) in [5.41, 5.74) is 1.49. The van der Waals surface area contributed by atoms with Crippen molar-refractivity contribution in [2.75, 3.05) is 25.5 Å². The van der Waals surface area contributed by atoms with E-state index in [-0.39, 0.29) is 16.8 Å². The van der Waals surface area contributed by atoms with Crippen molar-refractivity contribution >= 4 is 21.7 Å². The zero-order valence-electron chi connectivity index (χ0n) is 22.9. The van der Waals surface area contributed by atoms with Crippen molar-refractivity contribution in [1.29, 1.82) is 0 Å². The zero-order chi connectivity index (χ0) is 28.4. The minimum Gasteiger partial charge on any atom is -0.353 e. The Morgan fingerprint density at radius 1 is 1.03 bits per heavy atom. The molecule has 0 radical (unpaired) electrons. The fourth-order valence-corrected chi connectivity index (χ4v) is 6.12. The zero-order valence-corrected chi connectivity index (χ0v) is 23.7. The number of halogens is 1. The molecule has 2 heterocycles. The Morgan fingerprint density at radius 3 is 2.23 bits per heavy atom. The number of ether oxygens (including phenoxy) is 1. The first kappa shape index (κ1) is 29.0. The van der Waals surface area contributed by atoms with Gasteiger partial charge < -0.3 is 15.2 Å². The number of rotatable bonds is 8. The molecule has 3 aromatic rings. The molecule has 0 saturated carbocycles. The Balaban J connectivity index is 1.38. The average Bonchev–Trinajstić information content (AvgIpc) is 2.88. The highest BCUT2D eigenvalue weighted by molar-refractivity contribution is 7.89. The molecule has 1 atom stereocenters. The lowest BCUT2D eigenvalue weighted by atomic mass is 10.0. The molecule has 0 aliphatic carbocycles. The maximum Gasteiger partial charge on any atom is 0.243 e. The highest BCUT2D eigenvalue weighted by atomic mass is 32.2. The summed E-state index contributed by atoms with van der Waals surface area (Å²) in [7, 11) is -1.88. The van der Waals surface area contributed by atoms with Crippen molar-refractivity contribution in [3.05, 3.63) is 66.6 Å². The summed E-state index contributed by atoms with van der Waals surface area (Å²) < 4.78 is 47.2. The van der Waals surface area contributed by atoms with Crippen LogP contribution in [0.3, 0.4) is 0 Å². The molecule has 1 unspecified atom stereocenters. The molecule has 39 heavy (non-hydrogen) atoms. The van der Waals surface area contributed by atoms with E-state index in [1.165, 1.54) is 16.4 Å². The molecular weight excluding hydrogens is 521 g/mol. The van der Waals surface area contributed by atoms with Crippen LogP contribution in [0.1, 0.15) is 40.5 Å². The van der Waals surface area contributed by atoms with E-state index >= 15 is 0 Å². The lowest BCUT2D eigenvalue weighted by Crippen LogP contribution is -2.56. The van der Waals surface area contributed by atoms with Crippen molar-refractivity contribution in [2.45, 2.75) is 63.0 Å². The Bertz CT molecular complexity index is 1370. The smallest absolute Gasteiger partial charge is 0.243 e. The number of sulfonamides is 1. The molecule has 9 nitrogen and oxygen atoms in total. The predicted octanol–water partition coefficient (Wildman–Crippen LogP) is 4.59. The highest BCUT2D eigenvalue weighted by Gasteiger charge is 2.39. The first-order valence-corrected chi connectivity index (χ1v) is 14.3. The molecule has 1 aromatic heterocycles. The third kappa shape index (κ3) is 7.17. The number of benzene rings is 2. The van der Waals surface area contributed by atoms with E-state index in [2.05, 4.69) is 15.3 Å². The van der Waals surface area contributed by atoms with Gasteiger partial charge in [0.05, 0.1) is 16.2 Å². The molecule has 1 fully saturated rings. The van der Waals surface area contributed by atoms with E-state index in [4.69, 9.17) is 4.74 Å². The van der Waals surface area contributed by atoms with E-state index in [1.54, 1.807) is 67.5 Å². The van der Waals surface area contributed by atoms with Crippen LogP contribution in [-0.4, -0.2) is 70.4 Å². The molecular formula is C28H36FN5O4S. The van der Waals surface area contributed by atoms with Crippen LogP contribution in [0.4, 0.5) is 16.0 Å². The average molecular weight is 558 g/mol. The van der Waals surface area contributed by atoms with Crippen LogP contribution < -0.4 is 5.32 Å². The summed E-state index contributed by atoms with van der Waals surface area (Å²) >= 11 is 0. The van der Waals surface area contributed by atoms with Gasteiger partial charge in [-0.2, -0.15) is 4.31 Å². The fraction of sp³-hybridized carbons (Fsp3) is 0.429. The van der Waals surface area contributed by atoms with Gasteiger partial charge in [-0.15, -0.1) is 0 Å². The quantitative estimate of drug-likeness (QED) is 0.387. The van der Waals surface area contributed by atoms with Crippen molar-refractivity contribution in [3.8, 4) is 11.3 Å². The first-order valence-electron chi connectivity index (χ1n) is 12.9. The van der Waals surface area contributed by atoms with Crippen LogP contribution in [0.15, 0.2) is 65.7 Å². The normalized spacial score (nSPS) is 17.2. The minimum atomic E-state index is -3.68. The summed E-state index contributed by atoms with van der Waals surface area (Å²) in [6, 6.07) is 14.2. The van der Waals surface area contributed by atoms with Gasteiger partial charge in [-0.05, 0) is 95.3 Å². The van der Waals surface area contributed by atoms with Crippen molar-refractivity contribution in [1.82, 2.24) is 19.2 Å². The maximum absolute atomic E-state index is 13.3. The monoisotopic (exact) mass is 557 g/mol. The Kier molecular flexibility index (Phi) is 8.38. The largest absolute Gasteiger partial charge is 0.353 e. The van der Waals surface area contributed by atoms with Crippen LogP contribution in [0.25, 0.3) is 11.3 Å². The molecule has 11 heteroatoms. The number of aliphatic hydroxyl groups is 1. The van der Waals surface area contributed by atoms with Crippen LogP contribution in [-0.2, 0) is 14.8 Å². The van der Waals surface area contributed by atoms with E-state index in [9.17, 15) is 17.9 Å². The van der Waals surface area contributed by atoms with Crippen LogP contribution >= 0.6 is 0 Å². The molecule has 1 saturated heterocycles. The minimum absolute atomic E-state index is 0.0222. The second kappa shape index (κ2) is 11.3. The van der Waals surface area contributed by atoms with Crippen LogP contribution in [0.2, 0.25) is 0 Å². The second-order valence-corrected chi connectivity index (χ2v) is 12.8. The van der Waals surface area contributed by atoms with Gasteiger partial charge in [0.25, 0.3) is 0 Å². The number of nitrogens with one attached hydrogen (secondary N) is 1. The highest BCUT2D eigenvalue weighted by Crippen LogP contribution is 2.29. The molecule has 0 bridgehead atoms. The number of hydrogen-bond donors (Lipinski definition) is 2. The standard InChI is InChI=1S/C28H36FN5O4S/c1-27(2,3)38-28(4,35)33(5)23-15-18-34(19-16-23)39(36,37)24-12-10-22(11-13-24)31-26-30-17-14-25(32-26)20-6-8-21(29)9-7-20/h6-14,17,23,35H,15-16,18-19H2,1-5H3,(H,30,31,32). The number of hydrogen-bond acceptors (Lipinski definition) is 8. The Labute approximate surface area is 229 Å². The SMILES string of the molecule is CN(C1CCN(S(=O)(=O)c2ccc(Nc3nccc(-c4ccc(F)cc4)n3)cc2)CC1)C(C)(O)OC(C)(C)C. The summed E-state index contributed by atoms with van der Waals surface area (Å²) in [5.74, 6) is -1.45.